The summed E-state index contributed by atoms with van der Waals surface area (Å²) in [4.78, 5) is 27.5. The van der Waals surface area contributed by atoms with Crippen molar-refractivity contribution < 1.29 is 19.4 Å². The van der Waals surface area contributed by atoms with Gasteiger partial charge in [0.05, 0.1) is 5.56 Å². The average Bonchev–Trinajstić information content (AvgIpc) is 2.53. The summed E-state index contributed by atoms with van der Waals surface area (Å²) < 4.78 is 5.41. The van der Waals surface area contributed by atoms with Crippen molar-refractivity contribution >= 4 is 23.4 Å². The van der Waals surface area contributed by atoms with E-state index in [0.29, 0.717) is 26.2 Å². The van der Waals surface area contributed by atoms with Crippen molar-refractivity contribution in [3.05, 3.63) is 23.3 Å². The number of benzene rings is 1. The van der Waals surface area contributed by atoms with E-state index < -0.39 is 11.6 Å². The Morgan fingerprint density at radius 3 is 2.24 bits per heavy atom. The van der Waals surface area contributed by atoms with Crippen LogP contribution in [-0.2, 0) is 4.74 Å². The molecule has 0 aromatic heterocycles. The van der Waals surface area contributed by atoms with Crippen LogP contribution in [0.15, 0.2) is 12.1 Å². The first kappa shape index (κ1) is 18.9. The number of carboxylic acids is 1. The maximum absolute atomic E-state index is 12.2. The Labute approximate surface area is 148 Å². The third kappa shape index (κ3) is 4.55. The van der Waals surface area contributed by atoms with Gasteiger partial charge in [-0.05, 0) is 45.4 Å². The molecule has 1 aliphatic rings. The van der Waals surface area contributed by atoms with Gasteiger partial charge in [-0.1, -0.05) is 0 Å². The van der Waals surface area contributed by atoms with Crippen LogP contribution in [0.2, 0.25) is 0 Å². The van der Waals surface area contributed by atoms with Crippen LogP contribution < -0.4 is 10.2 Å². The van der Waals surface area contributed by atoms with Gasteiger partial charge in [0.2, 0.25) is 0 Å². The number of amides is 1. The van der Waals surface area contributed by atoms with Crippen LogP contribution in [0.4, 0.5) is 16.2 Å². The smallest absolute Gasteiger partial charge is 0.410 e. The summed E-state index contributed by atoms with van der Waals surface area (Å²) in [5.41, 5.74) is 2.15. The number of aromatic carboxylic acids is 1. The van der Waals surface area contributed by atoms with E-state index in [4.69, 9.17) is 4.74 Å². The molecule has 2 rings (SSSR count). The summed E-state index contributed by atoms with van der Waals surface area (Å²) in [7, 11) is 1.76. The topological polar surface area (TPSA) is 82.1 Å². The Balaban J connectivity index is 2.14. The fourth-order valence-electron chi connectivity index (χ4n) is 2.85. The molecule has 1 aliphatic heterocycles. The average molecular weight is 349 g/mol. The van der Waals surface area contributed by atoms with Gasteiger partial charge in [-0.25, -0.2) is 9.59 Å². The lowest BCUT2D eigenvalue weighted by molar-refractivity contribution is 0.0240. The van der Waals surface area contributed by atoms with Crippen LogP contribution in [0.25, 0.3) is 0 Å². The third-order valence-corrected chi connectivity index (χ3v) is 4.17. The fraction of sp³-hybridized carbons (Fsp3) is 0.556. The lowest BCUT2D eigenvalue weighted by Crippen LogP contribution is -2.50. The van der Waals surface area contributed by atoms with E-state index in [1.807, 2.05) is 33.8 Å². The van der Waals surface area contributed by atoms with Gasteiger partial charge in [-0.15, -0.1) is 0 Å². The van der Waals surface area contributed by atoms with Gasteiger partial charge < -0.3 is 25.0 Å². The van der Waals surface area contributed by atoms with Gasteiger partial charge in [0, 0.05) is 44.6 Å². The minimum absolute atomic E-state index is 0.288. The maximum Gasteiger partial charge on any atom is 0.410 e. The number of ether oxygens (including phenoxy) is 1. The predicted molar refractivity (Wildman–Crippen MR) is 97.7 cm³/mol. The van der Waals surface area contributed by atoms with Crippen molar-refractivity contribution in [3.8, 4) is 0 Å². The van der Waals surface area contributed by atoms with Crippen LogP contribution >= 0.6 is 0 Å². The molecule has 1 heterocycles. The zero-order valence-corrected chi connectivity index (χ0v) is 15.5. The molecule has 1 fully saturated rings. The minimum Gasteiger partial charge on any atom is -0.478 e. The van der Waals surface area contributed by atoms with Crippen LogP contribution in [0.3, 0.4) is 0 Å². The van der Waals surface area contributed by atoms with Gasteiger partial charge in [-0.2, -0.15) is 0 Å². The summed E-state index contributed by atoms with van der Waals surface area (Å²) in [5, 5.41) is 12.4. The van der Waals surface area contributed by atoms with Crippen molar-refractivity contribution in [3.63, 3.8) is 0 Å². The van der Waals surface area contributed by atoms with E-state index in [2.05, 4.69) is 10.2 Å². The third-order valence-electron chi connectivity index (χ3n) is 4.17. The molecule has 7 nitrogen and oxygen atoms in total. The first-order chi connectivity index (χ1) is 11.6. The number of piperazine rings is 1. The van der Waals surface area contributed by atoms with Gasteiger partial charge >= 0.3 is 12.1 Å². The standard InChI is InChI=1S/C18H27N3O4/c1-12-14(16(22)23)10-13(19-5)11-15(12)20-6-8-21(9-7-20)17(24)25-18(2,3)4/h10-11,19H,6-9H2,1-5H3,(H,22,23). The normalized spacial score (nSPS) is 15.1. The van der Waals surface area contributed by atoms with Crippen LogP contribution in [0.5, 0.6) is 0 Å². The minimum atomic E-state index is -0.941. The molecule has 1 saturated heterocycles. The quantitative estimate of drug-likeness (QED) is 0.873. The van der Waals surface area contributed by atoms with Crippen LogP contribution in [0.1, 0.15) is 36.7 Å². The molecule has 1 aromatic rings. The molecule has 25 heavy (non-hydrogen) atoms. The van der Waals surface area contributed by atoms with E-state index in [0.717, 1.165) is 16.9 Å². The second kappa shape index (κ2) is 7.21. The first-order valence-electron chi connectivity index (χ1n) is 8.41. The Kier molecular flexibility index (Phi) is 5.45. The molecule has 0 radical (unpaired) electrons. The molecular formula is C18H27N3O4. The van der Waals surface area contributed by atoms with E-state index >= 15 is 0 Å². The Morgan fingerprint density at radius 1 is 1.16 bits per heavy atom. The van der Waals surface area contributed by atoms with E-state index in [9.17, 15) is 14.7 Å². The summed E-state index contributed by atoms with van der Waals surface area (Å²) in [6, 6.07) is 3.59. The molecule has 1 aromatic carbocycles. The van der Waals surface area contributed by atoms with Crippen LogP contribution in [0, 0.1) is 6.92 Å². The zero-order valence-electron chi connectivity index (χ0n) is 15.5. The second-order valence-corrected chi connectivity index (χ2v) is 7.18. The lowest BCUT2D eigenvalue weighted by Gasteiger charge is -2.37. The summed E-state index contributed by atoms with van der Waals surface area (Å²) in [6.07, 6.45) is -0.306. The Hall–Kier alpha value is -2.44. The van der Waals surface area contributed by atoms with Crippen molar-refractivity contribution in [2.24, 2.45) is 0 Å². The highest BCUT2D eigenvalue weighted by Gasteiger charge is 2.27. The highest BCUT2D eigenvalue weighted by molar-refractivity contribution is 5.93. The molecular weight excluding hydrogens is 322 g/mol. The number of hydrogen-bond donors (Lipinski definition) is 2. The molecule has 0 atom stereocenters. The number of nitrogens with zero attached hydrogens (tertiary/aromatic N) is 2. The van der Waals surface area contributed by atoms with Gasteiger partial charge in [0.25, 0.3) is 0 Å². The first-order valence-corrected chi connectivity index (χ1v) is 8.41. The zero-order chi connectivity index (χ0) is 18.8. The number of carboxylic acid groups (broad SMARTS) is 1. The number of hydrogen-bond acceptors (Lipinski definition) is 5. The van der Waals surface area contributed by atoms with Gasteiger partial charge in [0.15, 0.2) is 0 Å². The SMILES string of the molecule is CNc1cc(C(=O)O)c(C)c(N2CCN(C(=O)OC(C)(C)C)CC2)c1. The summed E-state index contributed by atoms with van der Waals surface area (Å²) in [6.45, 7) is 9.71. The predicted octanol–water partition coefficient (Wildman–Crippen LogP) is 2.79. The van der Waals surface area contributed by atoms with Crippen molar-refractivity contribution in [2.75, 3.05) is 43.4 Å². The molecule has 0 unspecified atom stereocenters. The molecule has 2 N–H and O–H groups in total. The summed E-state index contributed by atoms with van der Waals surface area (Å²) in [5.74, 6) is -0.941. The molecule has 0 bridgehead atoms. The van der Waals surface area contributed by atoms with Crippen molar-refractivity contribution in [2.45, 2.75) is 33.3 Å². The molecule has 7 heteroatoms. The molecule has 0 aliphatic carbocycles. The number of carbonyl (C=O) groups excluding carboxylic acids is 1. The number of anilines is 2. The van der Waals surface area contributed by atoms with Crippen LogP contribution in [-0.4, -0.2) is 60.9 Å². The Morgan fingerprint density at radius 2 is 1.76 bits per heavy atom. The van der Waals surface area contributed by atoms with E-state index in [1.54, 1.807) is 18.0 Å². The largest absolute Gasteiger partial charge is 0.478 e. The highest BCUT2D eigenvalue weighted by atomic mass is 16.6. The molecule has 0 saturated carbocycles. The number of rotatable bonds is 3. The molecule has 0 spiro atoms. The Bertz CT molecular complexity index is 659. The lowest BCUT2D eigenvalue weighted by atomic mass is 10.0. The van der Waals surface area contributed by atoms with Crippen molar-refractivity contribution in [1.29, 1.82) is 0 Å². The van der Waals surface area contributed by atoms with Gasteiger partial charge in [-0.3, -0.25) is 0 Å². The number of nitrogens with one attached hydrogen (secondary N) is 1. The monoisotopic (exact) mass is 349 g/mol. The van der Waals surface area contributed by atoms with E-state index in [-0.39, 0.29) is 11.7 Å². The maximum atomic E-state index is 12.2. The van der Waals surface area contributed by atoms with E-state index in [1.165, 1.54) is 0 Å². The highest BCUT2D eigenvalue weighted by Crippen LogP contribution is 2.29. The molecule has 138 valence electrons. The van der Waals surface area contributed by atoms with Crippen molar-refractivity contribution in [1.82, 2.24) is 4.90 Å². The van der Waals surface area contributed by atoms with Gasteiger partial charge in [0.1, 0.15) is 5.60 Å². The summed E-state index contributed by atoms with van der Waals surface area (Å²) >= 11 is 0. The number of carbonyl (C=O) groups is 2. The fourth-order valence-corrected chi connectivity index (χ4v) is 2.85. The molecule has 1 amide bonds. The second-order valence-electron chi connectivity index (χ2n) is 7.18.